The first-order chi connectivity index (χ1) is 10.1. The average molecular weight is 279 g/mol. The summed E-state index contributed by atoms with van der Waals surface area (Å²) in [6.45, 7) is 4.16. The molecule has 2 heteroatoms. The number of carbonyl (C=O) groups is 1. The van der Waals surface area contributed by atoms with Crippen molar-refractivity contribution in [1.82, 2.24) is 5.32 Å². The van der Waals surface area contributed by atoms with Gasteiger partial charge in [0, 0.05) is 24.9 Å². The Kier molecular flexibility index (Phi) is 3.89. The Morgan fingerprint density at radius 1 is 0.762 bits per heavy atom. The number of hydrogen-bond acceptors (Lipinski definition) is 2. The fraction of sp³-hybridized carbons (Fsp3) is 0.316. The number of benzene rings is 2. The molecule has 0 saturated carbocycles. The zero-order chi connectivity index (χ0) is 14.8. The van der Waals surface area contributed by atoms with Gasteiger partial charge < -0.3 is 5.32 Å². The summed E-state index contributed by atoms with van der Waals surface area (Å²) >= 11 is 0. The quantitative estimate of drug-likeness (QED) is 0.899. The molecule has 1 fully saturated rings. The van der Waals surface area contributed by atoms with Gasteiger partial charge in [0.15, 0.2) is 0 Å². The highest BCUT2D eigenvalue weighted by Crippen LogP contribution is 2.31. The standard InChI is InChI=1S/C19H21NO/c1-13-3-7-15(8-4-13)18-11-17(21)12-19(20-18)16-9-5-14(2)6-10-16/h3-10,18-20H,11-12H2,1-2H3. The van der Waals surface area contributed by atoms with Crippen LogP contribution in [0.1, 0.15) is 47.2 Å². The van der Waals surface area contributed by atoms with Gasteiger partial charge in [-0.2, -0.15) is 0 Å². The summed E-state index contributed by atoms with van der Waals surface area (Å²) in [4.78, 5) is 12.1. The number of carbonyl (C=O) groups excluding carboxylic acids is 1. The Morgan fingerprint density at radius 3 is 1.52 bits per heavy atom. The summed E-state index contributed by atoms with van der Waals surface area (Å²) in [6, 6.07) is 17.2. The molecule has 2 unspecified atom stereocenters. The summed E-state index contributed by atoms with van der Waals surface area (Å²) < 4.78 is 0. The van der Waals surface area contributed by atoms with Crippen LogP contribution in [0.25, 0.3) is 0 Å². The highest BCUT2D eigenvalue weighted by atomic mass is 16.1. The van der Waals surface area contributed by atoms with E-state index in [1.54, 1.807) is 0 Å². The lowest BCUT2D eigenvalue weighted by Gasteiger charge is -2.31. The maximum atomic E-state index is 12.1. The third kappa shape index (κ3) is 3.22. The molecule has 108 valence electrons. The largest absolute Gasteiger partial charge is 0.302 e. The molecule has 1 saturated heterocycles. The number of aryl methyl sites for hydroxylation is 2. The van der Waals surface area contributed by atoms with Crippen LogP contribution in [0.3, 0.4) is 0 Å². The van der Waals surface area contributed by atoms with Crippen molar-refractivity contribution in [1.29, 1.82) is 0 Å². The molecule has 3 rings (SSSR count). The van der Waals surface area contributed by atoms with Gasteiger partial charge in [-0.1, -0.05) is 59.7 Å². The fourth-order valence-electron chi connectivity index (χ4n) is 2.93. The van der Waals surface area contributed by atoms with Gasteiger partial charge in [0.2, 0.25) is 0 Å². The molecule has 0 aromatic heterocycles. The molecule has 2 aromatic rings. The summed E-state index contributed by atoms with van der Waals surface area (Å²) in [5.74, 6) is 0.338. The molecule has 1 N–H and O–H groups in total. The van der Waals surface area contributed by atoms with E-state index in [1.165, 1.54) is 22.3 Å². The Morgan fingerprint density at radius 2 is 1.14 bits per heavy atom. The molecule has 1 heterocycles. The summed E-state index contributed by atoms with van der Waals surface area (Å²) in [5, 5.41) is 3.63. The second kappa shape index (κ2) is 5.82. The molecular weight excluding hydrogens is 258 g/mol. The van der Waals surface area contributed by atoms with Gasteiger partial charge in [-0.25, -0.2) is 0 Å². The van der Waals surface area contributed by atoms with Crippen molar-refractivity contribution in [3.63, 3.8) is 0 Å². The average Bonchev–Trinajstić information content (AvgIpc) is 2.48. The van der Waals surface area contributed by atoms with Crippen molar-refractivity contribution < 1.29 is 4.79 Å². The maximum Gasteiger partial charge on any atom is 0.136 e. The molecule has 0 aliphatic carbocycles. The van der Waals surface area contributed by atoms with Gasteiger partial charge in [-0.05, 0) is 25.0 Å². The highest BCUT2D eigenvalue weighted by molar-refractivity contribution is 5.81. The van der Waals surface area contributed by atoms with Crippen molar-refractivity contribution in [2.24, 2.45) is 0 Å². The summed E-state index contributed by atoms with van der Waals surface area (Å²) in [7, 11) is 0. The number of Topliss-reactive ketones (excluding diaryl/α,β-unsaturated/α-hetero) is 1. The molecule has 0 amide bonds. The second-order valence-corrected chi connectivity index (χ2v) is 6.04. The molecule has 0 radical (unpaired) electrons. The van der Waals surface area contributed by atoms with Crippen LogP contribution < -0.4 is 5.32 Å². The zero-order valence-electron chi connectivity index (χ0n) is 12.6. The van der Waals surface area contributed by atoms with Crippen LogP contribution in [0.4, 0.5) is 0 Å². The van der Waals surface area contributed by atoms with Gasteiger partial charge in [0.05, 0.1) is 0 Å². The predicted molar refractivity (Wildman–Crippen MR) is 85.2 cm³/mol. The monoisotopic (exact) mass is 279 g/mol. The van der Waals surface area contributed by atoms with E-state index in [2.05, 4.69) is 67.7 Å². The number of piperidine rings is 1. The minimum Gasteiger partial charge on any atom is -0.302 e. The number of hydrogen-bond donors (Lipinski definition) is 1. The molecule has 1 aliphatic rings. The molecule has 0 bridgehead atoms. The van der Waals surface area contributed by atoms with E-state index >= 15 is 0 Å². The molecule has 2 nitrogen and oxygen atoms in total. The first-order valence-corrected chi connectivity index (χ1v) is 7.53. The second-order valence-electron chi connectivity index (χ2n) is 6.04. The zero-order valence-corrected chi connectivity index (χ0v) is 12.6. The molecule has 2 aromatic carbocycles. The SMILES string of the molecule is Cc1ccc(C2CC(=O)CC(c3ccc(C)cc3)N2)cc1. The Balaban J connectivity index is 1.82. The molecular formula is C19H21NO. The minimum atomic E-state index is 0.123. The highest BCUT2D eigenvalue weighted by Gasteiger charge is 2.28. The topological polar surface area (TPSA) is 29.1 Å². The van der Waals surface area contributed by atoms with Crippen LogP contribution in [0.2, 0.25) is 0 Å². The summed E-state index contributed by atoms with van der Waals surface area (Å²) in [6.07, 6.45) is 1.18. The normalized spacial score (nSPS) is 22.3. The van der Waals surface area contributed by atoms with Crippen LogP contribution >= 0.6 is 0 Å². The Labute approximate surface area is 126 Å². The molecule has 21 heavy (non-hydrogen) atoms. The van der Waals surface area contributed by atoms with E-state index in [4.69, 9.17) is 0 Å². The third-order valence-corrected chi connectivity index (χ3v) is 4.23. The van der Waals surface area contributed by atoms with Gasteiger partial charge in [-0.15, -0.1) is 0 Å². The smallest absolute Gasteiger partial charge is 0.136 e. The van der Waals surface area contributed by atoms with Gasteiger partial charge in [-0.3, -0.25) is 4.79 Å². The third-order valence-electron chi connectivity index (χ3n) is 4.23. The van der Waals surface area contributed by atoms with Crippen LogP contribution in [-0.4, -0.2) is 5.78 Å². The predicted octanol–water partition coefficient (Wildman–Crippen LogP) is 4.04. The number of nitrogens with one attached hydrogen (secondary N) is 1. The van der Waals surface area contributed by atoms with Gasteiger partial charge in [0.1, 0.15) is 5.78 Å². The van der Waals surface area contributed by atoms with Crippen LogP contribution in [0, 0.1) is 13.8 Å². The lowest BCUT2D eigenvalue weighted by Crippen LogP contribution is -2.35. The van der Waals surface area contributed by atoms with Crippen molar-refractivity contribution in [2.45, 2.75) is 38.8 Å². The van der Waals surface area contributed by atoms with Crippen molar-refractivity contribution in [2.75, 3.05) is 0 Å². The minimum absolute atomic E-state index is 0.123. The van der Waals surface area contributed by atoms with Crippen LogP contribution in [-0.2, 0) is 4.79 Å². The Bertz CT molecular complexity index is 572. The first kappa shape index (κ1) is 14.0. The Hall–Kier alpha value is -1.93. The summed E-state index contributed by atoms with van der Waals surface area (Å²) in [5.41, 5.74) is 4.89. The first-order valence-electron chi connectivity index (χ1n) is 7.53. The lowest BCUT2D eigenvalue weighted by molar-refractivity contribution is -0.121. The van der Waals surface area contributed by atoms with Gasteiger partial charge in [0.25, 0.3) is 0 Å². The van der Waals surface area contributed by atoms with Crippen molar-refractivity contribution in [3.05, 3.63) is 70.8 Å². The number of ketones is 1. The molecule has 1 aliphatic heterocycles. The van der Waals surface area contributed by atoms with Crippen LogP contribution in [0.5, 0.6) is 0 Å². The van der Waals surface area contributed by atoms with Crippen molar-refractivity contribution >= 4 is 5.78 Å². The fourth-order valence-corrected chi connectivity index (χ4v) is 2.93. The van der Waals surface area contributed by atoms with Crippen LogP contribution in [0.15, 0.2) is 48.5 Å². The lowest BCUT2D eigenvalue weighted by atomic mass is 9.89. The van der Waals surface area contributed by atoms with E-state index in [0.717, 1.165) is 0 Å². The maximum absolute atomic E-state index is 12.1. The number of rotatable bonds is 2. The van der Waals surface area contributed by atoms with E-state index < -0.39 is 0 Å². The van der Waals surface area contributed by atoms with E-state index in [0.29, 0.717) is 18.6 Å². The molecule has 2 atom stereocenters. The van der Waals surface area contributed by atoms with Gasteiger partial charge >= 0.3 is 0 Å². The van der Waals surface area contributed by atoms with E-state index in [1.807, 2.05) is 0 Å². The van der Waals surface area contributed by atoms with E-state index in [-0.39, 0.29) is 12.1 Å². The molecule has 0 spiro atoms. The van der Waals surface area contributed by atoms with Crippen molar-refractivity contribution in [3.8, 4) is 0 Å². The van der Waals surface area contributed by atoms with E-state index in [9.17, 15) is 4.79 Å².